The summed E-state index contributed by atoms with van der Waals surface area (Å²) < 4.78 is 10.8. The lowest BCUT2D eigenvalue weighted by atomic mass is 10.1. The van der Waals surface area contributed by atoms with Gasteiger partial charge in [0.05, 0.1) is 6.54 Å². The van der Waals surface area contributed by atoms with E-state index in [0.717, 1.165) is 42.5 Å². The van der Waals surface area contributed by atoms with Gasteiger partial charge in [-0.15, -0.1) is 0 Å². The van der Waals surface area contributed by atoms with E-state index in [9.17, 15) is 4.79 Å². The normalized spacial score (nSPS) is 12.6. The van der Waals surface area contributed by atoms with Crippen molar-refractivity contribution in [3.63, 3.8) is 0 Å². The minimum atomic E-state index is -0.0976. The van der Waals surface area contributed by atoms with E-state index in [1.165, 1.54) is 5.56 Å². The standard InChI is InChI=1S/C21H26N4O3/c1-3-23-21(25-13-16-5-4-6-17(11-16)20(26)22-2)24-10-9-15-7-8-18-19(12-15)28-14-27-18/h4-8,11-12H,3,9-10,13-14H2,1-2H3,(H,22,26)(H2,23,24,25). The average Bonchev–Trinajstić information content (AvgIpc) is 3.19. The first-order valence-electron chi connectivity index (χ1n) is 9.41. The van der Waals surface area contributed by atoms with Crippen molar-refractivity contribution >= 4 is 11.9 Å². The highest BCUT2D eigenvalue weighted by Crippen LogP contribution is 2.32. The van der Waals surface area contributed by atoms with Crippen molar-refractivity contribution in [2.45, 2.75) is 19.9 Å². The predicted octanol–water partition coefficient (Wildman–Crippen LogP) is 2.07. The third-order valence-electron chi connectivity index (χ3n) is 4.32. The Labute approximate surface area is 165 Å². The number of carbonyl (C=O) groups is 1. The Morgan fingerprint density at radius 3 is 2.75 bits per heavy atom. The number of nitrogens with zero attached hydrogens (tertiary/aromatic N) is 1. The average molecular weight is 382 g/mol. The lowest BCUT2D eigenvalue weighted by molar-refractivity contribution is 0.0963. The summed E-state index contributed by atoms with van der Waals surface area (Å²) in [5.74, 6) is 2.24. The molecule has 2 aromatic rings. The number of hydrogen-bond donors (Lipinski definition) is 3. The van der Waals surface area contributed by atoms with Crippen LogP contribution in [0, 0.1) is 0 Å². The van der Waals surface area contributed by atoms with Crippen LogP contribution >= 0.6 is 0 Å². The van der Waals surface area contributed by atoms with Crippen molar-refractivity contribution in [3.05, 3.63) is 59.2 Å². The van der Waals surface area contributed by atoms with Gasteiger partial charge in [-0.2, -0.15) is 0 Å². The minimum Gasteiger partial charge on any atom is -0.454 e. The summed E-state index contributed by atoms with van der Waals surface area (Å²) in [6.07, 6.45) is 0.840. The fourth-order valence-electron chi connectivity index (χ4n) is 2.89. The Bertz CT molecular complexity index is 851. The van der Waals surface area contributed by atoms with Gasteiger partial charge in [0.15, 0.2) is 17.5 Å². The Hall–Kier alpha value is -3.22. The molecule has 0 spiro atoms. The molecule has 1 amide bonds. The van der Waals surface area contributed by atoms with Crippen molar-refractivity contribution < 1.29 is 14.3 Å². The summed E-state index contributed by atoms with van der Waals surface area (Å²) in [6, 6.07) is 13.5. The zero-order valence-electron chi connectivity index (χ0n) is 16.2. The second kappa shape index (κ2) is 9.64. The summed E-state index contributed by atoms with van der Waals surface area (Å²) in [7, 11) is 1.63. The summed E-state index contributed by atoms with van der Waals surface area (Å²) in [5.41, 5.74) is 2.79. The van der Waals surface area contributed by atoms with Crippen LogP contribution in [-0.4, -0.2) is 38.8 Å². The van der Waals surface area contributed by atoms with Gasteiger partial charge in [0.1, 0.15) is 0 Å². The van der Waals surface area contributed by atoms with Gasteiger partial charge < -0.3 is 25.4 Å². The van der Waals surface area contributed by atoms with Crippen molar-refractivity contribution in [3.8, 4) is 11.5 Å². The molecule has 1 aliphatic rings. The van der Waals surface area contributed by atoms with Crippen LogP contribution in [0.4, 0.5) is 0 Å². The highest BCUT2D eigenvalue weighted by molar-refractivity contribution is 5.94. The fraction of sp³-hybridized carbons (Fsp3) is 0.333. The number of amides is 1. The van der Waals surface area contributed by atoms with Gasteiger partial charge in [-0.05, 0) is 48.7 Å². The number of rotatable bonds is 7. The summed E-state index contributed by atoms with van der Waals surface area (Å²) in [5, 5.41) is 9.22. The van der Waals surface area contributed by atoms with Crippen LogP contribution in [0.3, 0.4) is 0 Å². The highest BCUT2D eigenvalue weighted by Gasteiger charge is 2.13. The first kappa shape index (κ1) is 19.5. The van der Waals surface area contributed by atoms with Crippen LogP contribution in [0.5, 0.6) is 11.5 Å². The summed E-state index contributed by atoms with van der Waals surface area (Å²) in [4.78, 5) is 16.4. The van der Waals surface area contributed by atoms with Crippen LogP contribution in [0.1, 0.15) is 28.4 Å². The molecule has 2 aromatic carbocycles. The zero-order valence-corrected chi connectivity index (χ0v) is 16.2. The Kier molecular flexibility index (Phi) is 6.73. The molecule has 0 saturated heterocycles. The van der Waals surface area contributed by atoms with Crippen LogP contribution in [-0.2, 0) is 13.0 Å². The fourth-order valence-corrected chi connectivity index (χ4v) is 2.89. The van der Waals surface area contributed by atoms with Crippen LogP contribution in [0.2, 0.25) is 0 Å². The van der Waals surface area contributed by atoms with Gasteiger partial charge in [-0.25, -0.2) is 4.99 Å². The van der Waals surface area contributed by atoms with E-state index in [2.05, 4.69) is 20.9 Å². The second-order valence-corrected chi connectivity index (χ2v) is 6.34. The molecule has 0 radical (unpaired) electrons. The topological polar surface area (TPSA) is 84.0 Å². The molecular weight excluding hydrogens is 356 g/mol. The smallest absolute Gasteiger partial charge is 0.251 e. The van der Waals surface area contributed by atoms with Crippen LogP contribution < -0.4 is 25.4 Å². The number of fused-ring (bicyclic) bond motifs is 1. The van der Waals surface area contributed by atoms with E-state index in [4.69, 9.17) is 9.47 Å². The molecule has 0 bridgehead atoms. The van der Waals surface area contributed by atoms with Crippen LogP contribution in [0.25, 0.3) is 0 Å². The molecule has 7 heteroatoms. The number of guanidine groups is 1. The minimum absolute atomic E-state index is 0.0976. The summed E-state index contributed by atoms with van der Waals surface area (Å²) in [6.45, 7) is 4.32. The van der Waals surface area contributed by atoms with Gasteiger partial charge in [0.2, 0.25) is 6.79 Å². The monoisotopic (exact) mass is 382 g/mol. The van der Waals surface area contributed by atoms with Crippen molar-refractivity contribution in [1.82, 2.24) is 16.0 Å². The van der Waals surface area contributed by atoms with Crippen molar-refractivity contribution in [2.24, 2.45) is 4.99 Å². The molecule has 0 atom stereocenters. The Morgan fingerprint density at radius 2 is 1.93 bits per heavy atom. The Morgan fingerprint density at radius 1 is 1.07 bits per heavy atom. The first-order chi connectivity index (χ1) is 13.7. The molecule has 0 unspecified atom stereocenters. The lowest BCUT2D eigenvalue weighted by Gasteiger charge is -2.12. The third-order valence-corrected chi connectivity index (χ3v) is 4.32. The Balaban J connectivity index is 1.56. The number of carbonyl (C=O) groups excluding carboxylic acids is 1. The largest absolute Gasteiger partial charge is 0.454 e. The van der Waals surface area contributed by atoms with E-state index < -0.39 is 0 Å². The van der Waals surface area contributed by atoms with E-state index >= 15 is 0 Å². The molecule has 1 aliphatic heterocycles. The highest BCUT2D eigenvalue weighted by atomic mass is 16.7. The van der Waals surface area contributed by atoms with E-state index in [0.29, 0.717) is 12.1 Å². The van der Waals surface area contributed by atoms with Crippen molar-refractivity contribution in [1.29, 1.82) is 0 Å². The molecule has 3 rings (SSSR count). The van der Waals surface area contributed by atoms with Gasteiger partial charge in [0.25, 0.3) is 5.91 Å². The van der Waals surface area contributed by atoms with Gasteiger partial charge in [-0.1, -0.05) is 18.2 Å². The van der Waals surface area contributed by atoms with Crippen molar-refractivity contribution in [2.75, 3.05) is 26.9 Å². The first-order valence-corrected chi connectivity index (χ1v) is 9.41. The number of aliphatic imine (C=N–C) groups is 1. The molecule has 3 N–H and O–H groups in total. The second-order valence-electron chi connectivity index (χ2n) is 6.34. The maximum absolute atomic E-state index is 11.8. The quantitative estimate of drug-likeness (QED) is 0.504. The van der Waals surface area contributed by atoms with E-state index in [-0.39, 0.29) is 12.7 Å². The molecule has 1 heterocycles. The molecule has 148 valence electrons. The third kappa shape index (κ3) is 5.16. The molecule has 28 heavy (non-hydrogen) atoms. The maximum atomic E-state index is 11.8. The SMILES string of the molecule is CCNC(=NCc1cccc(C(=O)NC)c1)NCCc1ccc2c(c1)OCO2. The lowest BCUT2D eigenvalue weighted by Crippen LogP contribution is -2.38. The van der Waals surface area contributed by atoms with Gasteiger partial charge in [-0.3, -0.25) is 4.79 Å². The van der Waals surface area contributed by atoms with Crippen LogP contribution in [0.15, 0.2) is 47.5 Å². The van der Waals surface area contributed by atoms with Gasteiger partial charge >= 0.3 is 0 Å². The molecule has 0 saturated carbocycles. The summed E-state index contributed by atoms with van der Waals surface area (Å²) >= 11 is 0. The number of nitrogens with one attached hydrogen (secondary N) is 3. The maximum Gasteiger partial charge on any atom is 0.251 e. The predicted molar refractivity (Wildman–Crippen MR) is 109 cm³/mol. The van der Waals surface area contributed by atoms with E-state index in [1.54, 1.807) is 13.1 Å². The molecule has 0 aromatic heterocycles. The number of hydrogen-bond acceptors (Lipinski definition) is 4. The number of ether oxygens (including phenoxy) is 2. The molecule has 0 fully saturated rings. The number of benzene rings is 2. The molecule has 7 nitrogen and oxygen atoms in total. The van der Waals surface area contributed by atoms with E-state index in [1.807, 2.05) is 43.3 Å². The molecule has 0 aliphatic carbocycles. The van der Waals surface area contributed by atoms with Gasteiger partial charge in [0, 0.05) is 25.7 Å². The molecular formula is C21H26N4O3. The zero-order chi connectivity index (χ0) is 19.8.